The Labute approximate surface area is 157 Å². The van der Waals surface area contributed by atoms with E-state index in [4.69, 9.17) is 5.73 Å². The monoisotopic (exact) mass is 364 g/mol. The van der Waals surface area contributed by atoms with Crippen molar-refractivity contribution in [2.75, 3.05) is 25.5 Å². The van der Waals surface area contributed by atoms with Gasteiger partial charge in [-0.15, -0.1) is 0 Å². The molecule has 2 atom stereocenters. The molecule has 2 aliphatic rings. The highest BCUT2D eigenvalue weighted by Crippen LogP contribution is 2.49. The van der Waals surface area contributed by atoms with E-state index < -0.39 is 0 Å². The summed E-state index contributed by atoms with van der Waals surface area (Å²) in [6.07, 6.45) is 13.1. The number of hydrogen-bond donors (Lipinski definition) is 1. The quantitative estimate of drug-likeness (QED) is 0.624. The molecule has 0 bridgehead atoms. The van der Waals surface area contributed by atoms with Crippen LogP contribution in [0.5, 0.6) is 0 Å². The van der Waals surface area contributed by atoms with E-state index in [-0.39, 0.29) is 7.92 Å². The first-order valence-electron chi connectivity index (χ1n) is 9.30. The molecule has 3 nitrogen and oxygen atoms in total. The molecule has 134 valence electrons. The third kappa shape index (κ3) is 3.41. The fraction of sp³-hybridized carbons (Fsp3) is 0.273. The van der Waals surface area contributed by atoms with Gasteiger partial charge in [-0.05, 0) is 38.6 Å². The number of nitrogens with two attached hydrogens (primary N) is 1. The minimum absolute atomic E-state index is 0.251. The second kappa shape index (κ2) is 7.85. The summed E-state index contributed by atoms with van der Waals surface area (Å²) >= 11 is 0. The average molecular weight is 364 g/mol. The molecular weight excluding hydrogens is 337 g/mol. The second-order valence-electron chi connectivity index (χ2n) is 7.12. The van der Waals surface area contributed by atoms with Gasteiger partial charge in [0, 0.05) is 18.6 Å². The number of allylic oxidation sites excluding steroid dienone is 2. The van der Waals surface area contributed by atoms with E-state index in [2.05, 4.69) is 89.9 Å². The van der Waals surface area contributed by atoms with Crippen molar-refractivity contribution in [2.24, 2.45) is 5.73 Å². The molecule has 2 unspecified atom stereocenters. The van der Waals surface area contributed by atoms with E-state index in [1.165, 1.54) is 11.4 Å². The molecule has 1 fully saturated rings. The lowest BCUT2D eigenvalue weighted by Gasteiger charge is -2.49. The highest BCUT2D eigenvalue weighted by molar-refractivity contribution is 7.57. The fourth-order valence-electron chi connectivity index (χ4n) is 4.11. The number of rotatable bonds is 4. The molecule has 0 radical (unpaired) electrons. The first-order valence-corrected chi connectivity index (χ1v) is 11.2. The predicted molar refractivity (Wildman–Crippen MR) is 113 cm³/mol. The highest BCUT2D eigenvalue weighted by atomic mass is 31.1. The molecule has 1 heterocycles. The van der Waals surface area contributed by atoms with Gasteiger partial charge >= 0.3 is 0 Å². The molecule has 0 aromatic heterocycles. The molecule has 2 aromatic carbocycles. The van der Waals surface area contributed by atoms with E-state index in [1.54, 1.807) is 0 Å². The van der Waals surface area contributed by atoms with Gasteiger partial charge in [-0.1, -0.05) is 60.7 Å². The van der Waals surface area contributed by atoms with Gasteiger partial charge in [0.15, 0.2) is 0 Å². The van der Waals surface area contributed by atoms with Gasteiger partial charge in [0.05, 0.1) is 0 Å². The Hall–Kier alpha value is -1.77. The average Bonchev–Trinajstić information content (AvgIpc) is 2.75. The third-order valence-corrected chi connectivity index (χ3v) is 7.59. The van der Waals surface area contributed by atoms with Crippen LogP contribution in [0.15, 0.2) is 85.0 Å². The van der Waals surface area contributed by atoms with Crippen molar-refractivity contribution in [3.05, 3.63) is 85.0 Å². The lowest BCUT2D eigenvalue weighted by Crippen LogP contribution is -2.58. The van der Waals surface area contributed by atoms with Crippen LogP contribution in [0, 0.1) is 0 Å². The predicted octanol–water partition coefficient (Wildman–Crippen LogP) is 4.80. The summed E-state index contributed by atoms with van der Waals surface area (Å²) in [4.78, 5) is 2.65. The Kier molecular flexibility index (Phi) is 5.33. The second-order valence-corrected chi connectivity index (χ2v) is 9.39. The normalized spacial score (nSPS) is 25.3. The topological polar surface area (TPSA) is 29.3 Å². The summed E-state index contributed by atoms with van der Waals surface area (Å²) in [5.41, 5.74) is 8.95. The van der Waals surface area contributed by atoms with Gasteiger partial charge < -0.3 is 5.73 Å². The summed E-state index contributed by atoms with van der Waals surface area (Å²) in [5, 5.41) is 0. The number of benzene rings is 2. The zero-order valence-corrected chi connectivity index (χ0v) is 16.0. The van der Waals surface area contributed by atoms with Crippen molar-refractivity contribution in [1.82, 2.24) is 9.38 Å². The van der Waals surface area contributed by atoms with Crippen molar-refractivity contribution >= 4 is 19.3 Å². The van der Waals surface area contributed by atoms with Gasteiger partial charge in [0.2, 0.25) is 0 Å². The molecule has 2 N–H and O–H groups in total. The van der Waals surface area contributed by atoms with Crippen LogP contribution in [0.2, 0.25) is 0 Å². The molecule has 0 spiro atoms. The van der Waals surface area contributed by atoms with Gasteiger partial charge in [-0.25, -0.2) is 9.38 Å². The summed E-state index contributed by atoms with van der Waals surface area (Å²) in [6, 6.07) is 22.4. The van der Waals surface area contributed by atoms with Crippen LogP contribution in [0.4, 0.5) is 11.4 Å². The third-order valence-electron chi connectivity index (χ3n) is 5.43. The van der Waals surface area contributed by atoms with Crippen LogP contribution in [-0.2, 0) is 0 Å². The first-order chi connectivity index (χ1) is 12.8. The molecule has 2 aromatic rings. The SMILES string of the molecule is NCP1CN(C2C=CC=CC2)C[N+](c2ccccc2)(c2ccccc2)C1. The maximum absolute atomic E-state index is 6.23. The molecule has 0 amide bonds. The van der Waals surface area contributed by atoms with Gasteiger partial charge in [0.25, 0.3) is 0 Å². The first kappa shape index (κ1) is 17.6. The van der Waals surface area contributed by atoms with Crippen LogP contribution in [-0.4, -0.2) is 36.5 Å². The summed E-state index contributed by atoms with van der Waals surface area (Å²) in [6.45, 7) is 0.996. The smallest absolute Gasteiger partial charge is 0.145 e. The van der Waals surface area contributed by atoms with Crippen LogP contribution in [0.1, 0.15) is 6.42 Å². The van der Waals surface area contributed by atoms with Crippen LogP contribution >= 0.6 is 7.92 Å². The van der Waals surface area contributed by atoms with Gasteiger partial charge in [-0.3, -0.25) is 0 Å². The molecule has 1 aliphatic carbocycles. The molecule has 4 heteroatoms. The molecule has 4 rings (SSSR count). The number of para-hydroxylation sites is 2. The van der Waals surface area contributed by atoms with Crippen molar-refractivity contribution in [2.45, 2.75) is 12.5 Å². The zero-order valence-electron chi connectivity index (χ0n) is 15.1. The van der Waals surface area contributed by atoms with E-state index in [0.717, 1.165) is 36.4 Å². The minimum atomic E-state index is -0.251. The van der Waals surface area contributed by atoms with E-state index in [0.29, 0.717) is 6.04 Å². The Balaban J connectivity index is 1.78. The van der Waals surface area contributed by atoms with Crippen molar-refractivity contribution < 1.29 is 0 Å². The van der Waals surface area contributed by atoms with Crippen molar-refractivity contribution in [3.63, 3.8) is 0 Å². The lowest BCUT2D eigenvalue weighted by atomic mass is 10.1. The number of hydrogen-bond acceptors (Lipinski definition) is 2. The number of nitrogens with zero attached hydrogens (tertiary/aromatic N) is 2. The van der Waals surface area contributed by atoms with Crippen LogP contribution in [0.25, 0.3) is 0 Å². The maximum atomic E-state index is 6.23. The van der Waals surface area contributed by atoms with Gasteiger partial charge in [-0.2, -0.15) is 0 Å². The van der Waals surface area contributed by atoms with Crippen LogP contribution < -0.4 is 10.2 Å². The fourth-order valence-corrected chi connectivity index (χ4v) is 6.34. The maximum Gasteiger partial charge on any atom is 0.145 e. The molecule has 1 aliphatic heterocycles. The van der Waals surface area contributed by atoms with E-state index in [9.17, 15) is 0 Å². The Morgan fingerprint density at radius 2 is 1.62 bits per heavy atom. The highest BCUT2D eigenvalue weighted by Gasteiger charge is 2.43. The zero-order chi connectivity index (χ0) is 17.8. The lowest BCUT2D eigenvalue weighted by molar-refractivity contribution is 0.171. The van der Waals surface area contributed by atoms with Gasteiger partial charge in [0.1, 0.15) is 24.3 Å². The molecule has 0 saturated carbocycles. The summed E-state index contributed by atoms with van der Waals surface area (Å²) in [7, 11) is -0.251. The Morgan fingerprint density at radius 1 is 0.962 bits per heavy atom. The summed E-state index contributed by atoms with van der Waals surface area (Å²) in [5.74, 6) is 0. The molecule has 1 saturated heterocycles. The molecule has 26 heavy (non-hydrogen) atoms. The standard InChI is InChI=1S/C22H27N3P/c23-16-26-18-24(20-10-4-1-5-11-20)17-25(19-26,21-12-6-2-7-13-21)22-14-8-3-9-15-22/h1-10,12-15,20H,11,16-19,23H2/q+1. The number of quaternary nitrogens is 1. The van der Waals surface area contributed by atoms with E-state index in [1.807, 2.05) is 0 Å². The Morgan fingerprint density at radius 3 is 2.15 bits per heavy atom. The molecular formula is C22H27N3P+. The summed E-state index contributed by atoms with van der Waals surface area (Å²) < 4.78 is 0.874. The minimum Gasteiger partial charge on any atom is -0.326 e. The van der Waals surface area contributed by atoms with Crippen molar-refractivity contribution in [1.29, 1.82) is 0 Å². The van der Waals surface area contributed by atoms with E-state index >= 15 is 0 Å². The Bertz CT molecular complexity index is 733. The largest absolute Gasteiger partial charge is 0.326 e. The van der Waals surface area contributed by atoms with Crippen LogP contribution in [0.3, 0.4) is 0 Å². The van der Waals surface area contributed by atoms with Crippen molar-refractivity contribution in [3.8, 4) is 0 Å².